The van der Waals surface area contributed by atoms with Gasteiger partial charge in [0.05, 0.1) is 15.2 Å². The van der Waals surface area contributed by atoms with Crippen LogP contribution in [-0.4, -0.2) is 26.1 Å². The normalized spacial score (nSPS) is 12.2. The summed E-state index contributed by atoms with van der Waals surface area (Å²) in [6, 6.07) is 11.0. The molecule has 0 N–H and O–H groups in total. The summed E-state index contributed by atoms with van der Waals surface area (Å²) < 4.78 is 41.0. The molecule has 0 aliphatic carbocycles. The second-order valence-corrected chi connectivity index (χ2v) is 10.6. The zero-order valence-electron chi connectivity index (χ0n) is 17.9. The molecule has 0 heterocycles. The Labute approximate surface area is 176 Å². The first-order valence-corrected chi connectivity index (χ1v) is 10.8. The SMILES string of the molecule is CC(C)(C)OC(=O)Oc1ccc(S(=O)(=O)c2ccc(OC(=O)C(C)(C)C)cc2)cc1. The third kappa shape index (κ3) is 6.32. The lowest BCUT2D eigenvalue weighted by atomic mass is 9.97. The van der Waals surface area contributed by atoms with Crippen LogP contribution < -0.4 is 9.47 Å². The van der Waals surface area contributed by atoms with Crippen LogP contribution in [0.4, 0.5) is 4.79 Å². The molecule has 2 rings (SSSR count). The smallest absolute Gasteiger partial charge is 0.428 e. The van der Waals surface area contributed by atoms with E-state index >= 15 is 0 Å². The summed E-state index contributed by atoms with van der Waals surface area (Å²) in [4.78, 5) is 23.7. The van der Waals surface area contributed by atoms with Crippen LogP contribution in [0.2, 0.25) is 0 Å². The molecule has 0 aromatic heterocycles. The monoisotopic (exact) mass is 434 g/mol. The zero-order chi connectivity index (χ0) is 22.7. The second-order valence-electron chi connectivity index (χ2n) is 8.65. The zero-order valence-corrected chi connectivity index (χ0v) is 18.7. The summed E-state index contributed by atoms with van der Waals surface area (Å²) in [5.41, 5.74) is -1.37. The van der Waals surface area contributed by atoms with Gasteiger partial charge in [-0.3, -0.25) is 4.79 Å². The van der Waals surface area contributed by atoms with E-state index in [1.165, 1.54) is 48.5 Å². The molecule has 0 saturated carbocycles. The predicted octanol–water partition coefficient (Wildman–Crippen LogP) is 4.78. The average molecular weight is 435 g/mol. The van der Waals surface area contributed by atoms with Gasteiger partial charge in [0.25, 0.3) is 0 Å². The van der Waals surface area contributed by atoms with E-state index in [0.29, 0.717) is 0 Å². The van der Waals surface area contributed by atoms with Gasteiger partial charge in [0.2, 0.25) is 9.84 Å². The highest BCUT2D eigenvalue weighted by Gasteiger charge is 2.24. The Kier molecular flexibility index (Phi) is 6.61. The molecule has 2 aromatic rings. The summed E-state index contributed by atoms with van der Waals surface area (Å²) in [5.74, 6) is 0.00121. The summed E-state index contributed by atoms with van der Waals surface area (Å²) >= 11 is 0. The van der Waals surface area contributed by atoms with Gasteiger partial charge in [-0.25, -0.2) is 13.2 Å². The predicted molar refractivity (Wildman–Crippen MR) is 110 cm³/mol. The molecule has 7 nitrogen and oxygen atoms in total. The van der Waals surface area contributed by atoms with Gasteiger partial charge in [-0.1, -0.05) is 0 Å². The lowest BCUT2D eigenvalue weighted by Gasteiger charge is -2.18. The molecule has 0 fully saturated rings. The molecular formula is C22H26O7S. The number of rotatable bonds is 4. The first kappa shape index (κ1) is 23.4. The van der Waals surface area contributed by atoms with E-state index in [1.807, 2.05) is 0 Å². The Morgan fingerprint density at radius 3 is 1.47 bits per heavy atom. The van der Waals surface area contributed by atoms with Crippen molar-refractivity contribution in [3.05, 3.63) is 48.5 Å². The topological polar surface area (TPSA) is 96.0 Å². The Morgan fingerprint density at radius 2 is 1.10 bits per heavy atom. The fraction of sp³-hybridized carbons (Fsp3) is 0.364. The van der Waals surface area contributed by atoms with Gasteiger partial charge in [-0.05, 0) is 90.1 Å². The van der Waals surface area contributed by atoms with Crippen LogP contribution in [0.5, 0.6) is 11.5 Å². The number of carbonyl (C=O) groups is 2. The number of esters is 1. The van der Waals surface area contributed by atoms with E-state index in [4.69, 9.17) is 14.2 Å². The van der Waals surface area contributed by atoms with Gasteiger partial charge in [0, 0.05) is 0 Å². The molecule has 30 heavy (non-hydrogen) atoms. The molecule has 162 valence electrons. The molecule has 0 spiro atoms. The fourth-order valence-electron chi connectivity index (χ4n) is 2.14. The van der Waals surface area contributed by atoms with Crippen LogP contribution in [0.25, 0.3) is 0 Å². The van der Waals surface area contributed by atoms with Crippen molar-refractivity contribution in [2.24, 2.45) is 5.41 Å². The fourth-order valence-corrected chi connectivity index (χ4v) is 3.40. The summed E-state index contributed by atoms with van der Waals surface area (Å²) in [6.07, 6.45) is -0.876. The van der Waals surface area contributed by atoms with Crippen molar-refractivity contribution in [1.82, 2.24) is 0 Å². The van der Waals surface area contributed by atoms with Crippen LogP contribution in [0.3, 0.4) is 0 Å². The number of benzene rings is 2. The lowest BCUT2D eigenvalue weighted by molar-refractivity contribution is -0.143. The Hall–Kier alpha value is -2.87. The van der Waals surface area contributed by atoms with Crippen molar-refractivity contribution >= 4 is 22.0 Å². The average Bonchev–Trinajstić information content (AvgIpc) is 2.60. The number of carbonyl (C=O) groups excluding carboxylic acids is 2. The first-order chi connectivity index (χ1) is 13.7. The molecule has 0 saturated heterocycles. The second kappa shape index (κ2) is 8.47. The molecule has 0 atom stereocenters. The molecule has 0 aliphatic heterocycles. The van der Waals surface area contributed by atoms with Crippen molar-refractivity contribution in [3.63, 3.8) is 0 Å². The Morgan fingerprint density at radius 1 is 0.700 bits per heavy atom. The summed E-state index contributed by atoms with van der Waals surface area (Å²) in [6.45, 7) is 10.3. The van der Waals surface area contributed by atoms with E-state index in [2.05, 4.69) is 0 Å². The molecule has 0 amide bonds. The van der Waals surface area contributed by atoms with E-state index in [9.17, 15) is 18.0 Å². The first-order valence-electron chi connectivity index (χ1n) is 9.27. The van der Waals surface area contributed by atoms with Gasteiger partial charge in [0.1, 0.15) is 17.1 Å². The molecule has 0 bridgehead atoms. The van der Waals surface area contributed by atoms with E-state index < -0.39 is 33.0 Å². The maximum Gasteiger partial charge on any atom is 0.514 e. The van der Waals surface area contributed by atoms with Crippen LogP contribution in [-0.2, 0) is 19.4 Å². The summed E-state index contributed by atoms with van der Waals surface area (Å²) in [7, 11) is -3.80. The molecule has 8 heteroatoms. The Bertz CT molecular complexity index is 1010. The maximum absolute atomic E-state index is 12.8. The van der Waals surface area contributed by atoms with Crippen molar-refractivity contribution in [1.29, 1.82) is 0 Å². The third-order valence-electron chi connectivity index (χ3n) is 3.68. The minimum absolute atomic E-state index is 0.0264. The number of sulfone groups is 1. The van der Waals surface area contributed by atoms with Crippen molar-refractivity contribution < 1.29 is 32.2 Å². The van der Waals surface area contributed by atoms with Crippen LogP contribution >= 0.6 is 0 Å². The van der Waals surface area contributed by atoms with Gasteiger partial charge >= 0.3 is 12.1 Å². The minimum atomic E-state index is -3.80. The standard InChI is InChI=1S/C22H26O7S/c1-21(2,3)19(23)27-15-7-11-17(12-8-15)30(25,26)18-13-9-16(10-14-18)28-20(24)29-22(4,5)6/h7-14H,1-6H3. The summed E-state index contributed by atoms with van der Waals surface area (Å²) in [5, 5.41) is 0. The maximum atomic E-state index is 12.8. The van der Waals surface area contributed by atoms with Gasteiger partial charge in [-0.15, -0.1) is 0 Å². The molecular weight excluding hydrogens is 408 g/mol. The third-order valence-corrected chi connectivity index (χ3v) is 5.47. The molecule has 0 unspecified atom stereocenters. The van der Waals surface area contributed by atoms with Gasteiger partial charge in [0.15, 0.2) is 0 Å². The lowest BCUT2D eigenvalue weighted by Crippen LogP contribution is -2.25. The highest BCUT2D eigenvalue weighted by molar-refractivity contribution is 7.91. The number of ether oxygens (including phenoxy) is 3. The molecule has 0 radical (unpaired) electrons. The number of hydrogen-bond acceptors (Lipinski definition) is 7. The minimum Gasteiger partial charge on any atom is -0.428 e. The highest BCUT2D eigenvalue weighted by Crippen LogP contribution is 2.26. The molecule has 2 aromatic carbocycles. The van der Waals surface area contributed by atoms with Gasteiger partial charge < -0.3 is 14.2 Å². The Balaban J connectivity index is 2.13. The van der Waals surface area contributed by atoms with E-state index in [0.717, 1.165) is 0 Å². The van der Waals surface area contributed by atoms with Crippen LogP contribution in [0, 0.1) is 5.41 Å². The van der Waals surface area contributed by atoms with Crippen molar-refractivity contribution in [2.75, 3.05) is 0 Å². The van der Waals surface area contributed by atoms with Crippen molar-refractivity contribution in [3.8, 4) is 11.5 Å². The van der Waals surface area contributed by atoms with Crippen LogP contribution in [0.1, 0.15) is 41.5 Å². The quantitative estimate of drug-likeness (QED) is 0.388. The van der Waals surface area contributed by atoms with Crippen LogP contribution in [0.15, 0.2) is 58.3 Å². The molecule has 0 aliphatic rings. The van der Waals surface area contributed by atoms with E-state index in [-0.39, 0.29) is 21.3 Å². The largest absolute Gasteiger partial charge is 0.514 e. The highest BCUT2D eigenvalue weighted by atomic mass is 32.2. The van der Waals surface area contributed by atoms with Gasteiger partial charge in [-0.2, -0.15) is 0 Å². The number of hydrogen-bond donors (Lipinski definition) is 0. The van der Waals surface area contributed by atoms with Crippen molar-refractivity contribution in [2.45, 2.75) is 56.9 Å². The van der Waals surface area contributed by atoms with E-state index in [1.54, 1.807) is 41.5 Å².